The van der Waals surface area contributed by atoms with Crippen molar-refractivity contribution in [2.45, 2.75) is 44.2 Å². The monoisotopic (exact) mass is 265 g/mol. The van der Waals surface area contributed by atoms with Crippen molar-refractivity contribution in [2.75, 3.05) is 6.61 Å². The van der Waals surface area contributed by atoms with Crippen LogP contribution in [0.15, 0.2) is 18.2 Å². The first-order chi connectivity index (χ1) is 8.76. The zero-order valence-corrected chi connectivity index (χ0v) is 11.3. The molecule has 0 amide bonds. The smallest absolute Gasteiger partial charge is 0.0474 e. The van der Waals surface area contributed by atoms with E-state index in [1.165, 1.54) is 30.4 Å². The minimum atomic E-state index is 0.323. The summed E-state index contributed by atoms with van der Waals surface area (Å²) in [6, 6.07) is 7.25. The molecule has 0 saturated heterocycles. The maximum atomic E-state index is 9.36. The van der Waals surface area contributed by atoms with Gasteiger partial charge < -0.3 is 10.4 Å². The molecule has 1 aromatic carbocycles. The average molecular weight is 266 g/mol. The minimum absolute atomic E-state index is 0.323. The van der Waals surface area contributed by atoms with Crippen LogP contribution in [0.2, 0.25) is 5.02 Å². The predicted molar refractivity (Wildman–Crippen MR) is 74.0 cm³/mol. The van der Waals surface area contributed by atoms with Crippen LogP contribution < -0.4 is 5.32 Å². The third-order valence-electron chi connectivity index (χ3n) is 4.44. The van der Waals surface area contributed by atoms with Crippen molar-refractivity contribution in [3.63, 3.8) is 0 Å². The molecule has 0 heterocycles. The van der Waals surface area contributed by atoms with Gasteiger partial charge in [-0.15, -0.1) is 0 Å². The number of hydrogen-bond donors (Lipinski definition) is 2. The second kappa shape index (κ2) is 5.20. The topological polar surface area (TPSA) is 32.3 Å². The maximum absolute atomic E-state index is 9.36. The molecule has 0 radical (unpaired) electrons. The SMILES string of the molecule is OCC1CCCC1NC1Cc2ccc(Cl)cc2C1. The Bertz CT molecular complexity index is 435. The molecular weight excluding hydrogens is 246 g/mol. The Morgan fingerprint density at radius 1 is 1.22 bits per heavy atom. The van der Waals surface area contributed by atoms with Gasteiger partial charge in [0.05, 0.1) is 0 Å². The van der Waals surface area contributed by atoms with Crippen molar-refractivity contribution in [1.82, 2.24) is 5.32 Å². The Kier molecular flexibility index (Phi) is 3.60. The van der Waals surface area contributed by atoms with Gasteiger partial charge in [-0.25, -0.2) is 0 Å². The van der Waals surface area contributed by atoms with Gasteiger partial charge in [-0.05, 0) is 54.9 Å². The summed E-state index contributed by atoms with van der Waals surface area (Å²) in [6.07, 6.45) is 5.79. The van der Waals surface area contributed by atoms with Gasteiger partial charge in [0.15, 0.2) is 0 Å². The molecule has 0 aliphatic heterocycles. The molecule has 2 N–H and O–H groups in total. The van der Waals surface area contributed by atoms with Crippen molar-refractivity contribution in [2.24, 2.45) is 5.92 Å². The van der Waals surface area contributed by atoms with Crippen LogP contribution in [0.5, 0.6) is 0 Å². The van der Waals surface area contributed by atoms with Crippen LogP contribution >= 0.6 is 11.6 Å². The fraction of sp³-hybridized carbons (Fsp3) is 0.600. The first-order valence-corrected chi connectivity index (χ1v) is 7.28. The first-order valence-electron chi connectivity index (χ1n) is 6.90. The van der Waals surface area contributed by atoms with E-state index in [1.807, 2.05) is 6.07 Å². The third-order valence-corrected chi connectivity index (χ3v) is 4.68. The Balaban J connectivity index is 1.64. The van der Waals surface area contributed by atoms with E-state index >= 15 is 0 Å². The highest BCUT2D eigenvalue weighted by Gasteiger charge is 2.30. The summed E-state index contributed by atoms with van der Waals surface area (Å²) in [5.41, 5.74) is 2.81. The van der Waals surface area contributed by atoms with E-state index in [0.29, 0.717) is 24.6 Å². The minimum Gasteiger partial charge on any atom is -0.396 e. The molecular formula is C15H20ClNO. The second-order valence-corrected chi connectivity index (χ2v) is 6.10. The number of halogens is 1. The lowest BCUT2D eigenvalue weighted by Gasteiger charge is -2.23. The molecule has 0 aromatic heterocycles. The highest BCUT2D eigenvalue weighted by atomic mass is 35.5. The Morgan fingerprint density at radius 3 is 2.89 bits per heavy atom. The lowest BCUT2D eigenvalue weighted by Crippen LogP contribution is -2.41. The molecule has 2 nitrogen and oxygen atoms in total. The standard InChI is InChI=1S/C15H20ClNO/c16-13-5-4-10-7-14(8-12(10)6-13)17-15-3-1-2-11(15)9-18/h4-6,11,14-15,17-18H,1-3,7-9H2. The van der Waals surface area contributed by atoms with E-state index in [1.54, 1.807) is 0 Å². The van der Waals surface area contributed by atoms with Crippen molar-refractivity contribution < 1.29 is 5.11 Å². The molecule has 3 heteroatoms. The average Bonchev–Trinajstić information content (AvgIpc) is 2.94. The number of aliphatic hydroxyl groups excluding tert-OH is 1. The van der Waals surface area contributed by atoms with Crippen LogP contribution in [0.1, 0.15) is 30.4 Å². The van der Waals surface area contributed by atoms with Gasteiger partial charge in [0.25, 0.3) is 0 Å². The van der Waals surface area contributed by atoms with Gasteiger partial charge >= 0.3 is 0 Å². The molecule has 0 spiro atoms. The Labute approximate surface area is 113 Å². The van der Waals surface area contributed by atoms with E-state index in [2.05, 4.69) is 17.4 Å². The zero-order valence-electron chi connectivity index (χ0n) is 10.5. The Morgan fingerprint density at radius 2 is 2.06 bits per heavy atom. The fourth-order valence-corrected chi connectivity index (χ4v) is 3.68. The summed E-state index contributed by atoms with van der Waals surface area (Å²) in [5, 5.41) is 13.9. The summed E-state index contributed by atoms with van der Waals surface area (Å²) < 4.78 is 0. The zero-order chi connectivity index (χ0) is 12.5. The molecule has 2 aliphatic rings. The van der Waals surface area contributed by atoms with Crippen molar-refractivity contribution in [3.05, 3.63) is 34.3 Å². The maximum Gasteiger partial charge on any atom is 0.0474 e. The number of aliphatic hydroxyl groups is 1. The lowest BCUT2D eigenvalue weighted by atomic mass is 10.0. The van der Waals surface area contributed by atoms with Gasteiger partial charge in [0.2, 0.25) is 0 Å². The van der Waals surface area contributed by atoms with Crippen molar-refractivity contribution >= 4 is 11.6 Å². The number of hydrogen-bond acceptors (Lipinski definition) is 2. The molecule has 0 bridgehead atoms. The second-order valence-electron chi connectivity index (χ2n) is 5.66. The normalized spacial score (nSPS) is 30.7. The summed E-state index contributed by atoms with van der Waals surface area (Å²) in [6.45, 7) is 0.323. The molecule has 1 aromatic rings. The van der Waals surface area contributed by atoms with E-state index in [4.69, 9.17) is 11.6 Å². The number of rotatable bonds is 3. The van der Waals surface area contributed by atoms with E-state index < -0.39 is 0 Å². The van der Waals surface area contributed by atoms with Crippen LogP contribution in [-0.4, -0.2) is 23.8 Å². The largest absolute Gasteiger partial charge is 0.396 e. The van der Waals surface area contributed by atoms with Crippen LogP contribution in [0.3, 0.4) is 0 Å². The predicted octanol–water partition coefficient (Wildman–Crippen LogP) is 2.56. The summed E-state index contributed by atoms with van der Waals surface area (Å²) in [7, 11) is 0. The van der Waals surface area contributed by atoms with E-state index in [-0.39, 0.29) is 0 Å². The number of fused-ring (bicyclic) bond motifs is 1. The molecule has 2 aliphatic carbocycles. The van der Waals surface area contributed by atoms with Gasteiger partial charge in [-0.2, -0.15) is 0 Å². The van der Waals surface area contributed by atoms with E-state index in [9.17, 15) is 5.11 Å². The molecule has 1 fully saturated rings. The van der Waals surface area contributed by atoms with Crippen molar-refractivity contribution in [1.29, 1.82) is 0 Å². The highest BCUT2D eigenvalue weighted by molar-refractivity contribution is 6.30. The van der Waals surface area contributed by atoms with Crippen LogP contribution in [0.25, 0.3) is 0 Å². The lowest BCUT2D eigenvalue weighted by molar-refractivity contribution is 0.200. The summed E-state index contributed by atoms with van der Waals surface area (Å²) >= 11 is 6.03. The molecule has 18 heavy (non-hydrogen) atoms. The third kappa shape index (κ3) is 2.42. The molecule has 1 saturated carbocycles. The van der Waals surface area contributed by atoms with Gasteiger partial charge in [-0.3, -0.25) is 0 Å². The fourth-order valence-electron chi connectivity index (χ4n) is 3.48. The van der Waals surface area contributed by atoms with Gasteiger partial charge in [0, 0.05) is 23.7 Å². The quantitative estimate of drug-likeness (QED) is 0.880. The first kappa shape index (κ1) is 12.5. The van der Waals surface area contributed by atoms with Gasteiger partial charge in [0.1, 0.15) is 0 Å². The summed E-state index contributed by atoms with van der Waals surface area (Å²) in [5.74, 6) is 0.456. The molecule has 3 rings (SSSR count). The van der Waals surface area contributed by atoms with Crippen molar-refractivity contribution in [3.8, 4) is 0 Å². The van der Waals surface area contributed by atoms with E-state index in [0.717, 1.165) is 17.9 Å². The molecule has 3 unspecified atom stereocenters. The van der Waals surface area contributed by atoms with Crippen LogP contribution in [0, 0.1) is 5.92 Å². The molecule has 98 valence electrons. The number of benzene rings is 1. The van der Waals surface area contributed by atoms with Gasteiger partial charge in [-0.1, -0.05) is 24.1 Å². The Hall–Kier alpha value is -0.570. The number of nitrogens with one attached hydrogen (secondary N) is 1. The van der Waals surface area contributed by atoms with Crippen LogP contribution in [0.4, 0.5) is 0 Å². The summed E-state index contributed by atoms with van der Waals surface area (Å²) in [4.78, 5) is 0. The molecule has 3 atom stereocenters. The highest BCUT2D eigenvalue weighted by Crippen LogP contribution is 2.29. The van der Waals surface area contributed by atoms with Crippen LogP contribution in [-0.2, 0) is 12.8 Å².